The molecule has 2 aliphatic rings. The molecule has 0 radical (unpaired) electrons. The number of rotatable bonds is 5. The first-order valence-electron chi connectivity index (χ1n) is 9.90. The fraction of sp³-hybridized carbons (Fsp3) is 0.476. The Morgan fingerprint density at radius 2 is 2.21 bits per heavy atom. The number of benzene rings is 1. The van der Waals surface area contributed by atoms with Gasteiger partial charge in [-0.15, -0.1) is 11.3 Å². The van der Waals surface area contributed by atoms with E-state index in [1.165, 1.54) is 12.1 Å². The first-order chi connectivity index (χ1) is 13.7. The lowest BCUT2D eigenvalue weighted by Crippen LogP contribution is -2.54. The molecule has 2 aliphatic heterocycles. The Bertz CT molecular complexity index is 853. The normalized spacial score (nSPS) is 19.5. The van der Waals surface area contributed by atoms with Crippen molar-refractivity contribution >= 4 is 33.5 Å². The Hall–Kier alpha value is -1.96. The molecule has 5 nitrogen and oxygen atoms in total. The van der Waals surface area contributed by atoms with Gasteiger partial charge in [-0.2, -0.15) is 0 Å². The molecule has 0 bridgehead atoms. The molecule has 2 aromatic rings. The van der Waals surface area contributed by atoms with Gasteiger partial charge in [-0.05, 0) is 49.0 Å². The summed E-state index contributed by atoms with van der Waals surface area (Å²) in [6.45, 7) is 7.00. The number of nitrogens with one attached hydrogen (secondary N) is 1. The fourth-order valence-corrected chi connectivity index (χ4v) is 4.86. The number of aliphatic imine (C=N–C) groups is 1. The molecular weight excluding hydrogens is 375 g/mol. The molecule has 0 unspecified atom stereocenters. The average molecular weight is 403 g/mol. The molecule has 7 heteroatoms. The lowest BCUT2D eigenvalue weighted by atomic mass is 10.1. The van der Waals surface area contributed by atoms with E-state index in [0.717, 1.165) is 73.4 Å². The van der Waals surface area contributed by atoms with Crippen molar-refractivity contribution in [3.63, 3.8) is 0 Å². The number of likely N-dealkylation sites (N-methyl/N-ethyl adjacent to an activating group) is 1. The van der Waals surface area contributed by atoms with Gasteiger partial charge in [0.1, 0.15) is 16.7 Å². The van der Waals surface area contributed by atoms with Crippen molar-refractivity contribution in [2.24, 2.45) is 4.99 Å². The number of piperazine rings is 1. The SMILES string of the molecule is CCN1CCN(C2=Nc3ccc(F)cc3Nc3sccc32)C[C@@H]1CCCOC. The summed E-state index contributed by atoms with van der Waals surface area (Å²) in [7, 11) is 1.76. The molecule has 1 saturated heterocycles. The van der Waals surface area contributed by atoms with E-state index >= 15 is 0 Å². The molecule has 0 amide bonds. The molecule has 28 heavy (non-hydrogen) atoms. The van der Waals surface area contributed by atoms with Crippen LogP contribution in [0.25, 0.3) is 0 Å². The summed E-state index contributed by atoms with van der Waals surface area (Å²) in [5.74, 6) is 0.736. The highest BCUT2D eigenvalue weighted by atomic mass is 32.1. The first-order valence-corrected chi connectivity index (χ1v) is 10.8. The number of hydrogen-bond acceptors (Lipinski definition) is 6. The Labute approximate surface area is 169 Å². The second-order valence-corrected chi connectivity index (χ2v) is 8.16. The van der Waals surface area contributed by atoms with E-state index in [4.69, 9.17) is 9.73 Å². The zero-order chi connectivity index (χ0) is 19.5. The van der Waals surface area contributed by atoms with Gasteiger partial charge >= 0.3 is 0 Å². The van der Waals surface area contributed by atoms with Crippen LogP contribution in [0.3, 0.4) is 0 Å². The minimum atomic E-state index is -0.252. The van der Waals surface area contributed by atoms with Crippen LogP contribution in [0.2, 0.25) is 0 Å². The van der Waals surface area contributed by atoms with Gasteiger partial charge < -0.3 is 15.0 Å². The second kappa shape index (κ2) is 8.59. The molecule has 0 aliphatic carbocycles. The summed E-state index contributed by atoms with van der Waals surface area (Å²) in [5, 5.41) is 6.47. The molecule has 1 aromatic carbocycles. The van der Waals surface area contributed by atoms with E-state index in [1.807, 2.05) is 0 Å². The second-order valence-electron chi connectivity index (χ2n) is 7.25. The topological polar surface area (TPSA) is 40.1 Å². The van der Waals surface area contributed by atoms with Gasteiger partial charge in [0, 0.05) is 39.4 Å². The van der Waals surface area contributed by atoms with Gasteiger partial charge in [0.25, 0.3) is 0 Å². The largest absolute Gasteiger partial charge is 0.385 e. The molecule has 150 valence electrons. The van der Waals surface area contributed by atoms with E-state index in [-0.39, 0.29) is 5.82 Å². The maximum atomic E-state index is 13.8. The molecular formula is C21H27FN4OS. The van der Waals surface area contributed by atoms with Gasteiger partial charge in [0.05, 0.1) is 16.9 Å². The Balaban J connectivity index is 1.64. The summed E-state index contributed by atoms with van der Waals surface area (Å²) in [6, 6.07) is 7.35. The minimum absolute atomic E-state index is 0.252. The quantitative estimate of drug-likeness (QED) is 0.750. The first kappa shape index (κ1) is 19.4. The molecule has 0 spiro atoms. The molecule has 1 fully saturated rings. The third-order valence-electron chi connectivity index (χ3n) is 5.54. The van der Waals surface area contributed by atoms with Crippen LogP contribution in [0.15, 0.2) is 34.6 Å². The summed E-state index contributed by atoms with van der Waals surface area (Å²) in [6.07, 6.45) is 2.17. The van der Waals surface area contributed by atoms with Gasteiger partial charge in [0.2, 0.25) is 0 Å². The molecule has 4 rings (SSSR count). The number of methoxy groups -OCH3 is 1. The van der Waals surface area contributed by atoms with E-state index in [1.54, 1.807) is 24.5 Å². The molecule has 3 heterocycles. The van der Waals surface area contributed by atoms with Gasteiger partial charge in [-0.25, -0.2) is 9.38 Å². The van der Waals surface area contributed by atoms with Gasteiger partial charge in [0.15, 0.2) is 0 Å². The molecule has 1 aromatic heterocycles. The Kier molecular flexibility index (Phi) is 5.94. The van der Waals surface area contributed by atoms with Crippen LogP contribution < -0.4 is 5.32 Å². The number of halogens is 1. The van der Waals surface area contributed by atoms with Crippen LogP contribution >= 0.6 is 11.3 Å². The predicted octanol–water partition coefficient (Wildman–Crippen LogP) is 4.46. The van der Waals surface area contributed by atoms with E-state index < -0.39 is 0 Å². The van der Waals surface area contributed by atoms with Crippen LogP contribution in [-0.4, -0.2) is 61.6 Å². The smallest absolute Gasteiger partial charge is 0.139 e. The Morgan fingerprint density at radius 1 is 1.32 bits per heavy atom. The number of fused-ring (bicyclic) bond motifs is 2. The lowest BCUT2D eigenvalue weighted by molar-refractivity contribution is 0.101. The highest BCUT2D eigenvalue weighted by molar-refractivity contribution is 7.14. The number of ether oxygens (including phenoxy) is 1. The van der Waals surface area contributed by atoms with Crippen LogP contribution in [0.5, 0.6) is 0 Å². The summed E-state index contributed by atoms with van der Waals surface area (Å²) < 4.78 is 19.0. The van der Waals surface area contributed by atoms with Crippen molar-refractivity contribution < 1.29 is 9.13 Å². The monoisotopic (exact) mass is 402 g/mol. The van der Waals surface area contributed by atoms with Crippen LogP contribution in [0, 0.1) is 5.82 Å². The van der Waals surface area contributed by atoms with Gasteiger partial charge in [-0.3, -0.25) is 4.90 Å². The molecule has 0 saturated carbocycles. The summed E-state index contributed by atoms with van der Waals surface area (Å²) in [4.78, 5) is 9.93. The predicted molar refractivity (Wildman–Crippen MR) is 114 cm³/mol. The third-order valence-corrected chi connectivity index (χ3v) is 6.37. The Morgan fingerprint density at radius 3 is 3.04 bits per heavy atom. The van der Waals surface area contributed by atoms with Crippen LogP contribution in [0.4, 0.5) is 20.8 Å². The van der Waals surface area contributed by atoms with Crippen molar-refractivity contribution in [1.29, 1.82) is 0 Å². The fourth-order valence-electron chi connectivity index (χ4n) is 4.06. The zero-order valence-corrected chi connectivity index (χ0v) is 17.3. The number of hydrogen-bond donors (Lipinski definition) is 1. The van der Waals surface area contributed by atoms with Crippen LogP contribution in [-0.2, 0) is 4.74 Å². The van der Waals surface area contributed by atoms with Gasteiger partial charge in [-0.1, -0.05) is 6.92 Å². The number of thiophene rings is 1. The lowest BCUT2D eigenvalue weighted by Gasteiger charge is -2.42. The molecule has 1 N–H and O–H groups in total. The number of anilines is 2. The maximum Gasteiger partial charge on any atom is 0.139 e. The average Bonchev–Trinajstić information content (AvgIpc) is 3.09. The molecule has 1 atom stereocenters. The summed E-state index contributed by atoms with van der Waals surface area (Å²) >= 11 is 1.63. The van der Waals surface area contributed by atoms with E-state index in [0.29, 0.717) is 6.04 Å². The van der Waals surface area contributed by atoms with E-state index in [2.05, 4.69) is 33.5 Å². The maximum absolute atomic E-state index is 13.8. The van der Waals surface area contributed by atoms with Crippen molar-refractivity contribution in [3.05, 3.63) is 41.0 Å². The van der Waals surface area contributed by atoms with E-state index in [9.17, 15) is 4.39 Å². The zero-order valence-electron chi connectivity index (χ0n) is 16.4. The van der Waals surface area contributed by atoms with Crippen molar-refractivity contribution in [3.8, 4) is 0 Å². The minimum Gasteiger partial charge on any atom is -0.385 e. The summed E-state index contributed by atoms with van der Waals surface area (Å²) in [5.41, 5.74) is 2.61. The highest BCUT2D eigenvalue weighted by Gasteiger charge is 2.30. The number of nitrogens with zero attached hydrogens (tertiary/aromatic N) is 3. The van der Waals surface area contributed by atoms with Crippen molar-refractivity contribution in [2.75, 3.05) is 45.2 Å². The standard InChI is InChI=1S/C21H27FN4OS/c1-3-25-9-10-26(14-16(25)5-4-11-27-2)20-17-8-12-28-21(17)24-19-13-15(22)6-7-18(19)23-20/h6-8,12-13,16,24H,3-5,9-11,14H2,1-2H3/t16-/m0/s1. The van der Waals surface area contributed by atoms with Crippen molar-refractivity contribution in [1.82, 2.24) is 9.80 Å². The van der Waals surface area contributed by atoms with Crippen LogP contribution in [0.1, 0.15) is 25.3 Å². The van der Waals surface area contributed by atoms with Crippen molar-refractivity contribution in [2.45, 2.75) is 25.8 Å². The highest BCUT2D eigenvalue weighted by Crippen LogP contribution is 2.38. The number of amidine groups is 1. The third kappa shape index (κ3) is 3.92.